The Hall–Kier alpha value is -3.53. The standard InChI is InChI=1S/C29H31N3O4/c1-16-11-18-23-19(12-16)29(20(14-30)24(31)36-21-13-17(2)35-25(33)22(21)29)26(34)32(23)28(15-27(18,3)4)9-7-5-6-8-10-28/h11-13H,5-10,15,31H2,1-4H3/t29-/m1/s1. The molecule has 36 heavy (non-hydrogen) atoms. The molecule has 7 nitrogen and oxygen atoms in total. The van der Waals surface area contributed by atoms with Crippen molar-refractivity contribution in [2.75, 3.05) is 4.90 Å². The maximum Gasteiger partial charge on any atom is 0.344 e. The predicted octanol–water partition coefficient (Wildman–Crippen LogP) is 4.75. The lowest BCUT2D eigenvalue weighted by Crippen LogP contribution is -2.59. The van der Waals surface area contributed by atoms with Crippen molar-refractivity contribution in [1.29, 1.82) is 5.26 Å². The number of amides is 1. The van der Waals surface area contributed by atoms with Crippen LogP contribution in [0.1, 0.15) is 86.8 Å². The summed E-state index contributed by atoms with van der Waals surface area (Å²) in [7, 11) is 0. The molecule has 4 aliphatic rings. The Bertz CT molecular complexity index is 1470. The van der Waals surface area contributed by atoms with Gasteiger partial charge in [0.15, 0.2) is 5.41 Å². The summed E-state index contributed by atoms with van der Waals surface area (Å²) in [5.41, 5.74) is 6.88. The summed E-state index contributed by atoms with van der Waals surface area (Å²) < 4.78 is 11.3. The van der Waals surface area contributed by atoms with Crippen LogP contribution in [0.4, 0.5) is 5.69 Å². The largest absolute Gasteiger partial charge is 0.440 e. The van der Waals surface area contributed by atoms with Crippen LogP contribution >= 0.6 is 0 Å². The van der Waals surface area contributed by atoms with Crippen molar-refractivity contribution in [3.63, 3.8) is 0 Å². The average molecular weight is 486 g/mol. The average Bonchev–Trinajstić information content (AvgIpc) is 2.91. The molecule has 1 atom stereocenters. The van der Waals surface area contributed by atoms with E-state index in [2.05, 4.69) is 26.0 Å². The summed E-state index contributed by atoms with van der Waals surface area (Å²) in [6.45, 7) is 8.12. The van der Waals surface area contributed by atoms with E-state index in [0.29, 0.717) is 11.3 Å². The molecule has 4 heterocycles. The Morgan fingerprint density at radius 1 is 1.03 bits per heavy atom. The zero-order valence-electron chi connectivity index (χ0n) is 21.3. The van der Waals surface area contributed by atoms with Crippen LogP contribution in [0.25, 0.3) is 0 Å². The van der Waals surface area contributed by atoms with Crippen molar-refractivity contribution in [2.45, 2.75) is 89.0 Å². The Labute approximate surface area is 210 Å². The lowest BCUT2D eigenvalue weighted by Gasteiger charge is -2.52. The second-order valence-corrected chi connectivity index (χ2v) is 11.6. The van der Waals surface area contributed by atoms with Crippen molar-refractivity contribution < 1.29 is 13.9 Å². The predicted molar refractivity (Wildman–Crippen MR) is 135 cm³/mol. The van der Waals surface area contributed by atoms with E-state index in [1.54, 1.807) is 13.0 Å². The number of aryl methyl sites for hydroxylation is 2. The fraction of sp³-hybridized carbons (Fsp3) is 0.483. The molecule has 1 aromatic carbocycles. The highest BCUT2D eigenvalue weighted by molar-refractivity contribution is 6.16. The molecule has 2 aromatic rings. The smallest absolute Gasteiger partial charge is 0.344 e. The quantitative estimate of drug-likeness (QED) is 0.577. The van der Waals surface area contributed by atoms with Crippen LogP contribution in [-0.2, 0) is 15.6 Å². The van der Waals surface area contributed by atoms with E-state index in [4.69, 9.17) is 14.9 Å². The minimum Gasteiger partial charge on any atom is -0.440 e. The molecule has 0 unspecified atom stereocenters. The number of carbonyl (C=O) groups is 1. The molecule has 1 aliphatic carbocycles. The van der Waals surface area contributed by atoms with Gasteiger partial charge in [0.05, 0.1) is 5.69 Å². The first-order valence-electron chi connectivity index (χ1n) is 12.8. The number of nitrogens with two attached hydrogens (primary N) is 1. The Morgan fingerprint density at radius 2 is 1.69 bits per heavy atom. The number of rotatable bonds is 0. The number of fused-ring (bicyclic) bond motifs is 4. The lowest BCUT2D eigenvalue weighted by molar-refractivity contribution is -0.122. The number of nitriles is 1. The highest BCUT2D eigenvalue weighted by atomic mass is 16.5. The van der Waals surface area contributed by atoms with E-state index in [-0.39, 0.29) is 34.1 Å². The normalized spacial score (nSPS) is 25.3. The molecule has 0 saturated heterocycles. The van der Waals surface area contributed by atoms with Gasteiger partial charge in [0, 0.05) is 17.2 Å². The molecule has 0 radical (unpaired) electrons. The molecule has 7 heteroatoms. The molecule has 6 rings (SSSR count). The molecule has 3 aliphatic heterocycles. The van der Waals surface area contributed by atoms with Gasteiger partial charge in [-0.15, -0.1) is 0 Å². The number of ether oxygens (including phenoxy) is 1. The number of nitrogens with zero attached hydrogens (tertiary/aromatic N) is 2. The third kappa shape index (κ3) is 2.67. The summed E-state index contributed by atoms with van der Waals surface area (Å²) in [5, 5.41) is 10.4. The summed E-state index contributed by atoms with van der Waals surface area (Å²) in [6, 6.07) is 7.85. The van der Waals surface area contributed by atoms with Gasteiger partial charge in [0.1, 0.15) is 28.7 Å². The van der Waals surface area contributed by atoms with Gasteiger partial charge >= 0.3 is 5.63 Å². The van der Waals surface area contributed by atoms with Crippen molar-refractivity contribution in [1.82, 2.24) is 0 Å². The molecule has 1 aromatic heterocycles. The molecule has 1 saturated carbocycles. The van der Waals surface area contributed by atoms with Gasteiger partial charge in [-0.05, 0) is 44.1 Å². The van der Waals surface area contributed by atoms with Crippen molar-refractivity contribution in [2.24, 2.45) is 5.73 Å². The van der Waals surface area contributed by atoms with Crippen LogP contribution in [0.5, 0.6) is 5.75 Å². The highest BCUT2D eigenvalue weighted by Gasteiger charge is 2.66. The molecule has 186 valence electrons. The van der Waals surface area contributed by atoms with Gasteiger partial charge in [-0.1, -0.05) is 57.2 Å². The van der Waals surface area contributed by atoms with Gasteiger partial charge in [-0.25, -0.2) is 4.79 Å². The second-order valence-electron chi connectivity index (χ2n) is 11.6. The first-order valence-corrected chi connectivity index (χ1v) is 12.8. The molecule has 2 spiro atoms. The highest BCUT2D eigenvalue weighted by Crippen LogP contribution is 2.63. The molecular formula is C29H31N3O4. The monoisotopic (exact) mass is 485 g/mol. The van der Waals surface area contributed by atoms with Crippen LogP contribution < -0.4 is 21.0 Å². The van der Waals surface area contributed by atoms with E-state index in [1.165, 1.54) is 0 Å². The molecule has 0 bridgehead atoms. The summed E-state index contributed by atoms with van der Waals surface area (Å²) in [4.78, 5) is 30.5. The zero-order chi connectivity index (χ0) is 25.6. The van der Waals surface area contributed by atoms with Crippen LogP contribution in [0.2, 0.25) is 0 Å². The van der Waals surface area contributed by atoms with Crippen LogP contribution in [0.15, 0.2) is 38.9 Å². The van der Waals surface area contributed by atoms with Gasteiger partial charge < -0.3 is 19.8 Å². The first-order chi connectivity index (χ1) is 17.1. The van der Waals surface area contributed by atoms with E-state index in [9.17, 15) is 10.1 Å². The fourth-order valence-electron chi connectivity index (χ4n) is 7.55. The molecule has 1 amide bonds. The van der Waals surface area contributed by atoms with E-state index < -0.39 is 16.6 Å². The van der Waals surface area contributed by atoms with Gasteiger partial charge in [0.2, 0.25) is 11.8 Å². The molecule has 1 fully saturated rings. The number of benzene rings is 1. The summed E-state index contributed by atoms with van der Waals surface area (Å²) >= 11 is 0. The van der Waals surface area contributed by atoms with E-state index >= 15 is 4.79 Å². The number of anilines is 1. The summed E-state index contributed by atoms with van der Waals surface area (Å²) in [6.07, 6.45) is 6.94. The van der Waals surface area contributed by atoms with Crippen molar-refractivity contribution >= 4 is 11.6 Å². The van der Waals surface area contributed by atoms with Gasteiger partial charge in [-0.2, -0.15) is 5.26 Å². The van der Waals surface area contributed by atoms with Gasteiger partial charge in [0.25, 0.3) is 0 Å². The molecule has 2 N–H and O–H groups in total. The van der Waals surface area contributed by atoms with E-state index in [0.717, 1.165) is 61.8 Å². The van der Waals surface area contributed by atoms with Crippen molar-refractivity contribution in [3.05, 3.63) is 68.1 Å². The maximum absolute atomic E-state index is 15.0. The number of hydrogen-bond donors (Lipinski definition) is 1. The maximum atomic E-state index is 15.0. The van der Waals surface area contributed by atoms with Crippen molar-refractivity contribution in [3.8, 4) is 11.8 Å². The Morgan fingerprint density at radius 3 is 2.36 bits per heavy atom. The SMILES string of the molecule is Cc1cc2c3c(c1)[C@@]1(C(=O)N3C3(CCCCCC3)CC2(C)C)C(C#N)=C(N)Oc2cc(C)oc(=O)c21. The van der Waals surface area contributed by atoms with E-state index in [1.807, 2.05) is 17.9 Å². The minimum absolute atomic E-state index is 0.0417. The molecular weight excluding hydrogens is 454 g/mol. The Kier molecular flexibility index (Phi) is 4.61. The second kappa shape index (κ2) is 7.25. The fourth-order valence-corrected chi connectivity index (χ4v) is 7.55. The lowest BCUT2D eigenvalue weighted by atomic mass is 9.65. The number of hydrogen-bond acceptors (Lipinski definition) is 6. The zero-order valence-corrected chi connectivity index (χ0v) is 21.3. The first kappa shape index (κ1) is 22.9. The van der Waals surface area contributed by atoms with Gasteiger partial charge in [-0.3, -0.25) is 4.79 Å². The Balaban J connectivity index is 1.79. The number of carbonyl (C=O) groups excluding carboxylic acids is 1. The summed E-state index contributed by atoms with van der Waals surface area (Å²) in [5.74, 6) is 0.0905. The third-order valence-electron chi connectivity index (χ3n) is 8.78. The minimum atomic E-state index is -1.70. The van der Waals surface area contributed by atoms with Crippen LogP contribution in [-0.4, -0.2) is 11.4 Å². The van der Waals surface area contributed by atoms with Crippen LogP contribution in [0, 0.1) is 25.2 Å². The van der Waals surface area contributed by atoms with Crippen LogP contribution in [0.3, 0.4) is 0 Å². The third-order valence-corrected chi connectivity index (χ3v) is 8.78. The topological polar surface area (TPSA) is 110 Å².